The second-order valence-corrected chi connectivity index (χ2v) is 32.2. The first kappa shape index (κ1) is 84.6. The summed E-state index contributed by atoms with van der Waals surface area (Å²) < 4.78 is 0. The largest absolute Gasteiger partial charge is 0.481 e. The van der Waals surface area contributed by atoms with Gasteiger partial charge >= 0.3 is 23.9 Å². The SMILES string of the molecule is C=CCc1c(C)nc(-c2cccs2)nc1Nc1ccc(C(C)(C)C(=O)O)cc1.C=CCc1c(CC)nc(-c2cccs2)nc1Nc1ccc(C(C)(C)C(=O)O)cc1.CCc1c(C)nc(-c2cccs2)nc1Nc1ccc(C(C)(C)C(=O)O)cc1.CCc1nc(-c2cccs2)nc(Nc2ccc(C(C)(C)C(=O)O)cc2)c1CC. The minimum absolute atomic E-state index is 0.656. The Morgan fingerprint density at radius 2 is 0.580 bits per heavy atom. The highest BCUT2D eigenvalue weighted by Gasteiger charge is 2.33. The van der Waals surface area contributed by atoms with E-state index >= 15 is 0 Å². The molecule has 112 heavy (non-hydrogen) atoms. The normalized spacial score (nSPS) is 11.3. The highest BCUT2D eigenvalue weighted by Crippen LogP contribution is 2.37. The smallest absolute Gasteiger partial charge is 0.313 e. The fraction of sp³-hybridized carbons (Fsp3) is 0.273. The van der Waals surface area contributed by atoms with Crippen molar-refractivity contribution in [3.05, 3.63) is 260 Å². The van der Waals surface area contributed by atoms with E-state index in [1.165, 1.54) is 0 Å². The molecule has 0 amide bonds. The van der Waals surface area contributed by atoms with Gasteiger partial charge in [-0.25, -0.2) is 39.9 Å². The van der Waals surface area contributed by atoms with E-state index < -0.39 is 45.5 Å². The Morgan fingerprint density at radius 3 is 0.830 bits per heavy atom. The van der Waals surface area contributed by atoms with Gasteiger partial charge in [0.05, 0.1) is 41.2 Å². The van der Waals surface area contributed by atoms with Crippen molar-refractivity contribution in [3.8, 4) is 42.8 Å². The molecule has 4 aromatic carbocycles. The summed E-state index contributed by atoms with van der Waals surface area (Å²) in [5, 5.41) is 59.2. The molecule has 0 fully saturated rings. The van der Waals surface area contributed by atoms with Gasteiger partial charge in [0.1, 0.15) is 23.3 Å². The van der Waals surface area contributed by atoms with E-state index in [1.54, 1.807) is 101 Å². The number of carbonyl (C=O) groups is 4. The lowest BCUT2D eigenvalue weighted by Crippen LogP contribution is -2.28. The van der Waals surface area contributed by atoms with E-state index in [1.807, 2.05) is 193 Å². The van der Waals surface area contributed by atoms with Gasteiger partial charge in [0, 0.05) is 67.8 Å². The van der Waals surface area contributed by atoms with Crippen molar-refractivity contribution < 1.29 is 39.6 Å². The Balaban J connectivity index is 0.000000171. The van der Waals surface area contributed by atoms with Gasteiger partial charge in [-0.15, -0.1) is 58.5 Å². The molecule has 0 saturated carbocycles. The molecular formula is C88H96N12O8S4. The second-order valence-electron chi connectivity index (χ2n) is 28.4. The zero-order chi connectivity index (χ0) is 81.2. The number of aliphatic carboxylic acids is 4. The van der Waals surface area contributed by atoms with Crippen LogP contribution in [0.1, 0.15) is 150 Å². The van der Waals surface area contributed by atoms with Gasteiger partial charge in [0.2, 0.25) is 0 Å². The van der Waals surface area contributed by atoms with E-state index in [-0.39, 0.29) is 0 Å². The molecule has 12 rings (SSSR count). The summed E-state index contributed by atoms with van der Waals surface area (Å²) in [6.07, 6.45) is 8.30. The van der Waals surface area contributed by atoms with Crippen LogP contribution in [0.25, 0.3) is 42.8 Å². The van der Waals surface area contributed by atoms with Crippen LogP contribution in [0.5, 0.6) is 0 Å². The number of anilines is 8. The van der Waals surface area contributed by atoms with Crippen LogP contribution in [-0.4, -0.2) is 84.2 Å². The van der Waals surface area contributed by atoms with Crippen LogP contribution in [0.4, 0.5) is 46.0 Å². The maximum absolute atomic E-state index is 11.5. The van der Waals surface area contributed by atoms with E-state index in [9.17, 15) is 39.6 Å². The maximum atomic E-state index is 11.5. The van der Waals surface area contributed by atoms with Crippen molar-refractivity contribution in [2.24, 2.45) is 0 Å². The van der Waals surface area contributed by atoms with E-state index in [0.29, 0.717) is 30.3 Å². The minimum Gasteiger partial charge on any atom is -0.481 e. The van der Waals surface area contributed by atoms with Crippen LogP contribution in [0.2, 0.25) is 0 Å². The average molecular weight is 1580 g/mol. The predicted octanol–water partition coefficient (Wildman–Crippen LogP) is 21.6. The highest BCUT2D eigenvalue weighted by molar-refractivity contribution is 7.14. The van der Waals surface area contributed by atoms with Crippen LogP contribution in [0.15, 0.2) is 192 Å². The number of nitrogens with zero attached hydrogens (tertiary/aromatic N) is 8. The molecule has 0 unspecified atom stereocenters. The third-order valence-electron chi connectivity index (χ3n) is 19.3. The molecule has 0 aliphatic rings. The van der Waals surface area contributed by atoms with Crippen LogP contribution in [0, 0.1) is 13.8 Å². The van der Waals surface area contributed by atoms with Crippen LogP contribution in [-0.2, 0) is 79.4 Å². The number of allylic oxidation sites excluding steroid dienone is 2. The number of hydrogen-bond acceptors (Lipinski definition) is 20. The predicted molar refractivity (Wildman–Crippen MR) is 458 cm³/mol. The molecule has 8 aromatic heterocycles. The maximum Gasteiger partial charge on any atom is 0.313 e. The Kier molecular flexibility index (Phi) is 28.3. The number of carboxylic acids is 4. The summed E-state index contributed by atoms with van der Waals surface area (Å²) >= 11 is 6.44. The van der Waals surface area contributed by atoms with Crippen molar-refractivity contribution in [3.63, 3.8) is 0 Å². The number of hydrogen-bond donors (Lipinski definition) is 8. The van der Waals surface area contributed by atoms with Gasteiger partial charge in [-0.1, -0.05) is 113 Å². The van der Waals surface area contributed by atoms with Gasteiger partial charge in [-0.05, 0) is 224 Å². The van der Waals surface area contributed by atoms with Crippen molar-refractivity contribution in [2.45, 2.75) is 157 Å². The Labute approximate surface area is 671 Å². The quantitative estimate of drug-likeness (QED) is 0.0211. The molecule has 0 saturated heterocycles. The summed E-state index contributed by atoms with van der Waals surface area (Å²) in [6.45, 7) is 33.7. The molecule has 8 N–H and O–H groups in total. The second kappa shape index (κ2) is 37.5. The van der Waals surface area contributed by atoms with Crippen LogP contribution < -0.4 is 21.3 Å². The standard InChI is InChI=1S/C23H25N3O2S.C22H23N3O2S.C22H25N3O2S.C21H23N3O2S/c1-5-8-17-18(6-2)25-21(19-9-7-14-29-19)26-20(17)24-16-12-10-15(11-13-16)23(3,4)22(27)28;1-5-7-17-14(2)23-20(18-8-6-13-28-18)25-19(17)24-16-11-9-15(10-12-16)22(3,4)21(26)27;1-5-16-17(6-2)24-20(18-8-7-13-28-18)25-19(16)23-15-11-9-14(10-12-15)22(3,4)21(26)27;1-5-16-13(2)22-19(17-7-6-12-27-17)24-18(16)23-15-10-8-14(9-11-15)21(3,4)20(25)26/h5,7,9-14H,1,6,8H2,2-4H3,(H,27,28)(H,24,25,26);5-6,8-13H,1,7H2,2-4H3,(H,26,27)(H,23,24,25);7-13H,5-6H2,1-4H3,(H,26,27)(H,23,24,25);6-12H,5H2,1-4H3,(H,25,26)(H,22,23,24). The van der Waals surface area contributed by atoms with Crippen LogP contribution in [0.3, 0.4) is 0 Å². The fourth-order valence-electron chi connectivity index (χ4n) is 11.8. The summed E-state index contributed by atoms with van der Waals surface area (Å²) in [7, 11) is 0. The van der Waals surface area contributed by atoms with Gasteiger partial charge in [0.15, 0.2) is 23.3 Å². The summed E-state index contributed by atoms with van der Waals surface area (Å²) in [5.41, 5.74) is 10.8. The topological polar surface area (TPSA) is 300 Å². The molecule has 0 spiro atoms. The first-order chi connectivity index (χ1) is 53.4. The van der Waals surface area contributed by atoms with Crippen LogP contribution >= 0.6 is 45.3 Å². The molecule has 0 aliphatic carbocycles. The molecule has 580 valence electrons. The number of rotatable bonds is 28. The fourth-order valence-corrected chi connectivity index (χ4v) is 14.4. The van der Waals surface area contributed by atoms with E-state index in [0.717, 1.165) is 164 Å². The van der Waals surface area contributed by atoms with Crippen molar-refractivity contribution in [2.75, 3.05) is 21.3 Å². The lowest BCUT2D eigenvalue weighted by Gasteiger charge is -2.20. The number of benzene rings is 4. The van der Waals surface area contributed by atoms with Gasteiger partial charge in [-0.3, -0.25) is 19.2 Å². The average Bonchev–Trinajstić information content (AvgIpc) is 1.45. The molecule has 24 heteroatoms. The first-order valence-corrected chi connectivity index (χ1v) is 40.3. The lowest BCUT2D eigenvalue weighted by atomic mass is 9.85. The number of aromatic nitrogens is 8. The molecule has 12 aromatic rings. The Bertz CT molecular complexity index is 5220. The van der Waals surface area contributed by atoms with E-state index in [2.05, 4.69) is 72.1 Å². The summed E-state index contributed by atoms with van der Waals surface area (Å²) in [6, 6.07) is 45.8. The highest BCUT2D eigenvalue weighted by atomic mass is 32.1. The molecule has 20 nitrogen and oxygen atoms in total. The number of nitrogens with one attached hydrogen (secondary N) is 4. The van der Waals surface area contributed by atoms with Crippen molar-refractivity contribution in [1.29, 1.82) is 0 Å². The molecule has 0 aliphatic heterocycles. The number of carboxylic acid groups (broad SMARTS) is 4. The lowest BCUT2D eigenvalue weighted by molar-refractivity contribution is -0.143. The molecule has 0 atom stereocenters. The molecule has 0 radical (unpaired) electrons. The molecule has 0 bridgehead atoms. The summed E-state index contributed by atoms with van der Waals surface area (Å²) in [5.74, 6) is 2.54. The Hall–Kier alpha value is -11.4. The molecular weight excluding hydrogens is 1480 g/mol. The zero-order valence-electron chi connectivity index (χ0n) is 65.6. The third-order valence-corrected chi connectivity index (χ3v) is 22.7. The first-order valence-electron chi connectivity index (χ1n) is 36.7. The minimum atomic E-state index is -0.941. The Morgan fingerprint density at radius 1 is 0.339 bits per heavy atom. The van der Waals surface area contributed by atoms with Gasteiger partial charge in [0.25, 0.3) is 0 Å². The van der Waals surface area contributed by atoms with E-state index in [4.69, 9.17) is 29.9 Å². The number of aryl methyl sites for hydroxylation is 4. The van der Waals surface area contributed by atoms with Gasteiger partial charge < -0.3 is 41.7 Å². The number of thiophene rings is 4. The van der Waals surface area contributed by atoms with Crippen molar-refractivity contribution >= 4 is 115 Å². The molecule has 8 heterocycles. The van der Waals surface area contributed by atoms with Gasteiger partial charge in [-0.2, -0.15) is 0 Å². The zero-order valence-corrected chi connectivity index (χ0v) is 68.9. The third kappa shape index (κ3) is 20.4. The monoisotopic (exact) mass is 1580 g/mol. The van der Waals surface area contributed by atoms with Crippen molar-refractivity contribution in [1.82, 2.24) is 39.9 Å². The summed E-state index contributed by atoms with van der Waals surface area (Å²) in [4.78, 5) is 87.8.